The number of hydrogen-bond donors (Lipinski definition) is 2. The van der Waals surface area contributed by atoms with Gasteiger partial charge in [0.2, 0.25) is 0 Å². The molecule has 0 unspecified atom stereocenters. The lowest BCUT2D eigenvalue weighted by atomic mass is 10.1. The van der Waals surface area contributed by atoms with E-state index in [0.29, 0.717) is 11.5 Å². The molecule has 2 rings (SSSR count). The highest BCUT2D eigenvalue weighted by Crippen LogP contribution is 2.12. The Bertz CT molecular complexity index is 435. The monoisotopic (exact) mass is 258 g/mol. The minimum Gasteiger partial charge on any atom is -0.508 e. The molecule has 0 aliphatic rings. The van der Waals surface area contributed by atoms with E-state index in [1.807, 2.05) is 18.2 Å². The zero-order valence-electron chi connectivity index (χ0n) is 11.4. The lowest BCUT2D eigenvalue weighted by Crippen LogP contribution is -1.83. The molecule has 102 valence electrons. The van der Waals surface area contributed by atoms with Crippen molar-refractivity contribution >= 4 is 0 Å². The van der Waals surface area contributed by atoms with Crippen LogP contribution in [0.3, 0.4) is 0 Å². The lowest BCUT2D eigenvalue weighted by molar-refractivity contribution is 0.474. The molecule has 0 aliphatic carbocycles. The number of para-hydroxylation sites is 1. The Morgan fingerprint density at radius 1 is 0.737 bits per heavy atom. The molecule has 0 fully saturated rings. The van der Waals surface area contributed by atoms with Crippen LogP contribution in [-0.4, -0.2) is 10.2 Å². The number of phenols is 2. The Morgan fingerprint density at radius 3 is 1.79 bits per heavy atom. The molecule has 2 aromatic carbocycles. The molecule has 0 atom stereocenters. The molecular weight excluding hydrogens is 236 g/mol. The van der Waals surface area contributed by atoms with Gasteiger partial charge in [0.15, 0.2) is 0 Å². The van der Waals surface area contributed by atoms with E-state index < -0.39 is 0 Å². The first-order valence-corrected chi connectivity index (χ1v) is 6.74. The third kappa shape index (κ3) is 7.14. The molecule has 19 heavy (non-hydrogen) atoms. The Kier molecular flexibility index (Phi) is 7.18. The number of benzene rings is 2. The van der Waals surface area contributed by atoms with Gasteiger partial charge in [-0.3, -0.25) is 0 Å². The highest BCUT2D eigenvalue weighted by atomic mass is 16.3. The fourth-order valence-corrected chi connectivity index (χ4v) is 1.67. The van der Waals surface area contributed by atoms with Crippen LogP contribution < -0.4 is 0 Å². The van der Waals surface area contributed by atoms with E-state index in [-0.39, 0.29) is 0 Å². The molecule has 0 heterocycles. The van der Waals surface area contributed by atoms with Gasteiger partial charge in [0.1, 0.15) is 11.5 Å². The van der Waals surface area contributed by atoms with E-state index in [0.717, 1.165) is 6.42 Å². The van der Waals surface area contributed by atoms with Crippen molar-refractivity contribution in [3.05, 3.63) is 60.2 Å². The van der Waals surface area contributed by atoms with Gasteiger partial charge in [0, 0.05) is 0 Å². The van der Waals surface area contributed by atoms with Gasteiger partial charge in [-0.25, -0.2) is 0 Å². The highest BCUT2D eigenvalue weighted by Gasteiger charge is 1.92. The Hall–Kier alpha value is -1.96. The topological polar surface area (TPSA) is 40.5 Å². The minimum absolute atomic E-state index is 0.322. The van der Waals surface area contributed by atoms with Crippen molar-refractivity contribution in [3.8, 4) is 11.5 Å². The van der Waals surface area contributed by atoms with Crippen LogP contribution in [0.5, 0.6) is 11.5 Å². The molecule has 0 bridgehead atoms. The summed E-state index contributed by atoms with van der Waals surface area (Å²) in [5.41, 5.74) is 1.32. The van der Waals surface area contributed by atoms with Gasteiger partial charge in [-0.1, -0.05) is 50.1 Å². The van der Waals surface area contributed by atoms with Crippen molar-refractivity contribution in [1.82, 2.24) is 0 Å². The van der Waals surface area contributed by atoms with Gasteiger partial charge in [-0.2, -0.15) is 0 Å². The Balaban J connectivity index is 0.000000218. The van der Waals surface area contributed by atoms with Crippen molar-refractivity contribution < 1.29 is 10.2 Å². The summed E-state index contributed by atoms with van der Waals surface area (Å²) < 4.78 is 0. The fraction of sp³-hybridized carbons (Fsp3) is 0.294. The molecule has 0 spiro atoms. The summed E-state index contributed by atoms with van der Waals surface area (Å²) in [5.74, 6) is 0.678. The van der Waals surface area contributed by atoms with Gasteiger partial charge in [-0.05, 0) is 42.7 Å². The molecule has 2 aromatic rings. The van der Waals surface area contributed by atoms with Crippen LogP contribution in [0.15, 0.2) is 54.6 Å². The van der Waals surface area contributed by atoms with Crippen LogP contribution in [0, 0.1) is 0 Å². The molecule has 0 amide bonds. The molecule has 0 radical (unpaired) electrons. The van der Waals surface area contributed by atoms with Crippen molar-refractivity contribution in [1.29, 1.82) is 0 Å². The van der Waals surface area contributed by atoms with Gasteiger partial charge < -0.3 is 10.2 Å². The van der Waals surface area contributed by atoms with Crippen LogP contribution in [0.1, 0.15) is 31.7 Å². The predicted molar refractivity (Wildman–Crippen MR) is 79.4 cm³/mol. The van der Waals surface area contributed by atoms with Crippen molar-refractivity contribution in [2.45, 2.75) is 32.6 Å². The second kappa shape index (κ2) is 9.03. The van der Waals surface area contributed by atoms with E-state index in [4.69, 9.17) is 10.2 Å². The van der Waals surface area contributed by atoms with Crippen LogP contribution >= 0.6 is 0 Å². The largest absolute Gasteiger partial charge is 0.508 e. The Morgan fingerprint density at radius 2 is 1.32 bits per heavy atom. The first-order chi connectivity index (χ1) is 9.22. The van der Waals surface area contributed by atoms with Crippen LogP contribution in [-0.2, 0) is 6.42 Å². The van der Waals surface area contributed by atoms with E-state index >= 15 is 0 Å². The van der Waals surface area contributed by atoms with E-state index in [1.165, 1.54) is 24.8 Å². The van der Waals surface area contributed by atoms with E-state index in [1.54, 1.807) is 36.4 Å². The predicted octanol–water partition coefficient (Wildman–Crippen LogP) is 4.52. The van der Waals surface area contributed by atoms with Crippen molar-refractivity contribution in [2.24, 2.45) is 0 Å². The van der Waals surface area contributed by atoms with Gasteiger partial charge in [0.25, 0.3) is 0 Å². The maximum Gasteiger partial charge on any atom is 0.115 e. The summed E-state index contributed by atoms with van der Waals surface area (Å²) in [5, 5.41) is 17.7. The average molecular weight is 258 g/mol. The summed E-state index contributed by atoms with van der Waals surface area (Å²) in [6.07, 6.45) is 4.94. The summed E-state index contributed by atoms with van der Waals surface area (Å²) in [6, 6.07) is 16.2. The molecule has 0 saturated heterocycles. The van der Waals surface area contributed by atoms with Crippen LogP contribution in [0.25, 0.3) is 0 Å². The summed E-state index contributed by atoms with van der Waals surface area (Å²) in [7, 11) is 0. The van der Waals surface area contributed by atoms with Crippen LogP contribution in [0.4, 0.5) is 0 Å². The zero-order chi connectivity index (χ0) is 13.9. The van der Waals surface area contributed by atoms with E-state index in [2.05, 4.69) is 6.92 Å². The van der Waals surface area contributed by atoms with Gasteiger partial charge >= 0.3 is 0 Å². The molecule has 0 saturated carbocycles. The number of hydrogen-bond acceptors (Lipinski definition) is 2. The number of unbranched alkanes of at least 4 members (excludes halogenated alkanes) is 2. The smallest absolute Gasteiger partial charge is 0.115 e. The second-order valence-electron chi connectivity index (χ2n) is 4.46. The fourth-order valence-electron chi connectivity index (χ4n) is 1.67. The summed E-state index contributed by atoms with van der Waals surface area (Å²) in [4.78, 5) is 0. The molecule has 2 heteroatoms. The number of rotatable bonds is 4. The molecular formula is C17H22O2. The molecule has 2 nitrogen and oxygen atoms in total. The standard InChI is InChI=1S/C11H16O.C6H6O/c1-2-3-4-5-10-6-8-11(12)9-7-10;7-6-4-2-1-3-5-6/h6-9,12H,2-5H2,1H3;1-5,7H. The molecule has 0 aliphatic heterocycles. The Labute approximate surface area is 115 Å². The number of aromatic hydroxyl groups is 2. The van der Waals surface area contributed by atoms with Crippen LogP contribution in [0.2, 0.25) is 0 Å². The van der Waals surface area contributed by atoms with Crippen molar-refractivity contribution in [3.63, 3.8) is 0 Å². The molecule has 2 N–H and O–H groups in total. The molecule has 0 aromatic heterocycles. The first-order valence-electron chi connectivity index (χ1n) is 6.74. The average Bonchev–Trinajstić information content (AvgIpc) is 2.43. The van der Waals surface area contributed by atoms with E-state index in [9.17, 15) is 0 Å². The van der Waals surface area contributed by atoms with Gasteiger partial charge in [-0.15, -0.1) is 0 Å². The summed E-state index contributed by atoms with van der Waals surface area (Å²) >= 11 is 0. The van der Waals surface area contributed by atoms with Crippen molar-refractivity contribution in [2.75, 3.05) is 0 Å². The lowest BCUT2D eigenvalue weighted by Gasteiger charge is -1.99. The quantitative estimate of drug-likeness (QED) is 0.792. The maximum atomic E-state index is 9.03. The minimum atomic E-state index is 0.322. The van der Waals surface area contributed by atoms with Gasteiger partial charge in [0.05, 0.1) is 0 Å². The summed E-state index contributed by atoms with van der Waals surface area (Å²) in [6.45, 7) is 2.21. The third-order valence-electron chi connectivity index (χ3n) is 2.76. The highest BCUT2D eigenvalue weighted by molar-refractivity contribution is 5.25. The SMILES string of the molecule is CCCCCc1ccc(O)cc1.Oc1ccccc1. The maximum absolute atomic E-state index is 9.03. The number of phenolic OH excluding ortho intramolecular Hbond substituents is 2. The number of aryl methyl sites for hydroxylation is 1. The first kappa shape index (κ1) is 15.1. The normalized spacial score (nSPS) is 9.53. The third-order valence-corrected chi connectivity index (χ3v) is 2.76. The second-order valence-corrected chi connectivity index (χ2v) is 4.46. The zero-order valence-corrected chi connectivity index (χ0v) is 11.4.